The third-order valence-electron chi connectivity index (χ3n) is 5.03. The highest BCUT2D eigenvalue weighted by Crippen LogP contribution is 2.40. The van der Waals surface area contributed by atoms with Gasteiger partial charge in [0.05, 0.1) is 29.3 Å². The molecule has 0 saturated heterocycles. The molecule has 6 nitrogen and oxygen atoms in total. The number of imidazole rings is 1. The number of nitrogens with one attached hydrogen (secondary N) is 1. The molecule has 0 fully saturated rings. The maximum absolute atomic E-state index is 13.0. The molecule has 2 aromatic carbocycles. The molecule has 6 heteroatoms. The van der Waals surface area contributed by atoms with E-state index in [1.807, 2.05) is 60.0 Å². The summed E-state index contributed by atoms with van der Waals surface area (Å²) in [5, 5.41) is 3.28. The lowest BCUT2D eigenvalue weighted by Gasteiger charge is -2.30. The number of carbonyl (C=O) groups excluding carboxylic acids is 1. The van der Waals surface area contributed by atoms with E-state index in [0.717, 1.165) is 34.5 Å². The predicted octanol–water partition coefficient (Wildman–Crippen LogP) is 4.84. The highest BCUT2D eigenvalue weighted by Gasteiger charge is 2.35. The molecule has 0 aliphatic carbocycles. The van der Waals surface area contributed by atoms with Gasteiger partial charge in [0.25, 0.3) is 0 Å². The molecular formula is C24H25N3O3. The normalized spacial score (nSPS) is 15.5. The summed E-state index contributed by atoms with van der Waals surface area (Å²) in [6, 6.07) is 15.4. The van der Waals surface area contributed by atoms with Crippen LogP contribution in [0.15, 0.2) is 72.5 Å². The molecule has 0 radical (unpaired) electrons. The van der Waals surface area contributed by atoms with Crippen LogP contribution in [0.1, 0.15) is 31.9 Å². The van der Waals surface area contributed by atoms with E-state index in [2.05, 4.69) is 18.8 Å². The largest absolute Gasteiger partial charge is 0.494 e. The maximum Gasteiger partial charge on any atom is 0.338 e. The number of allylic oxidation sites excluding steroid dienone is 1. The molecule has 0 saturated carbocycles. The fraction of sp³-hybridized carbons (Fsp3) is 0.250. The number of nitrogens with zero attached hydrogens (tertiary/aromatic N) is 2. The highest BCUT2D eigenvalue weighted by atomic mass is 16.5. The van der Waals surface area contributed by atoms with Crippen molar-refractivity contribution in [3.05, 3.63) is 78.0 Å². The third kappa shape index (κ3) is 3.56. The summed E-state index contributed by atoms with van der Waals surface area (Å²) in [6.07, 6.45) is 2.49. The smallest absolute Gasteiger partial charge is 0.338 e. The van der Waals surface area contributed by atoms with Gasteiger partial charge in [-0.15, -0.1) is 0 Å². The van der Waals surface area contributed by atoms with Gasteiger partial charge in [-0.25, -0.2) is 9.78 Å². The summed E-state index contributed by atoms with van der Waals surface area (Å²) >= 11 is 0. The number of para-hydroxylation sites is 2. The number of fused-ring (bicyclic) bond motifs is 3. The molecule has 4 rings (SSSR count). The standard InChI is InChI=1S/C24H25N3O3/c1-4-13-29-18-10-8-9-17(15-18)22-21(23(28)30-14-5-2)16(3)25-24-26-19-11-6-7-12-20(19)27(22)24/h5-12,15,22H,2,4,13-14H2,1,3H3,(H,25,26)/t22-/m0/s1. The van der Waals surface area contributed by atoms with Crippen molar-refractivity contribution in [2.24, 2.45) is 0 Å². The predicted molar refractivity (Wildman–Crippen MR) is 118 cm³/mol. The fourth-order valence-corrected chi connectivity index (χ4v) is 3.75. The highest BCUT2D eigenvalue weighted by molar-refractivity contribution is 5.94. The molecule has 1 N–H and O–H groups in total. The van der Waals surface area contributed by atoms with E-state index >= 15 is 0 Å². The van der Waals surface area contributed by atoms with E-state index in [4.69, 9.17) is 14.5 Å². The van der Waals surface area contributed by atoms with Gasteiger partial charge in [0, 0.05) is 5.70 Å². The van der Waals surface area contributed by atoms with Crippen molar-refractivity contribution in [1.29, 1.82) is 0 Å². The summed E-state index contributed by atoms with van der Waals surface area (Å²) < 4.78 is 13.3. The first-order valence-corrected chi connectivity index (χ1v) is 10.1. The van der Waals surface area contributed by atoms with Gasteiger partial charge in [0.1, 0.15) is 12.4 Å². The van der Waals surface area contributed by atoms with Gasteiger partial charge in [-0.1, -0.05) is 43.8 Å². The Balaban J connectivity index is 1.88. The molecule has 30 heavy (non-hydrogen) atoms. The number of esters is 1. The lowest BCUT2D eigenvalue weighted by atomic mass is 9.95. The molecule has 2 heterocycles. The number of hydrogen-bond donors (Lipinski definition) is 1. The summed E-state index contributed by atoms with van der Waals surface area (Å²) in [5.41, 5.74) is 3.99. The van der Waals surface area contributed by atoms with Crippen LogP contribution in [0.4, 0.5) is 5.95 Å². The first-order chi connectivity index (χ1) is 14.6. The Labute approximate surface area is 175 Å². The topological polar surface area (TPSA) is 65.4 Å². The minimum absolute atomic E-state index is 0.152. The van der Waals surface area contributed by atoms with Crippen molar-refractivity contribution in [3.8, 4) is 5.75 Å². The number of ether oxygens (including phenoxy) is 2. The zero-order chi connectivity index (χ0) is 21.1. The summed E-state index contributed by atoms with van der Waals surface area (Å²) in [6.45, 7) is 8.37. The lowest BCUT2D eigenvalue weighted by molar-refractivity contribution is -0.138. The first-order valence-electron chi connectivity index (χ1n) is 10.1. The monoisotopic (exact) mass is 403 g/mol. The Bertz CT molecular complexity index is 1130. The molecule has 1 aliphatic heterocycles. The fourth-order valence-electron chi connectivity index (χ4n) is 3.75. The van der Waals surface area contributed by atoms with Gasteiger partial charge in [0.15, 0.2) is 0 Å². The molecule has 0 amide bonds. The second kappa shape index (κ2) is 8.45. The Kier molecular flexibility index (Phi) is 5.57. The van der Waals surface area contributed by atoms with Crippen molar-refractivity contribution in [1.82, 2.24) is 9.55 Å². The van der Waals surface area contributed by atoms with Crippen LogP contribution in [-0.4, -0.2) is 28.7 Å². The molecule has 3 aromatic rings. The lowest BCUT2D eigenvalue weighted by Crippen LogP contribution is -2.29. The number of benzene rings is 2. The first kappa shape index (κ1) is 19.8. The average Bonchev–Trinajstić information content (AvgIpc) is 3.13. The zero-order valence-corrected chi connectivity index (χ0v) is 17.2. The molecule has 1 atom stereocenters. The Hall–Kier alpha value is -3.54. The number of hydrogen-bond acceptors (Lipinski definition) is 5. The van der Waals surface area contributed by atoms with Gasteiger partial charge >= 0.3 is 5.97 Å². The molecule has 0 unspecified atom stereocenters. The number of carbonyl (C=O) groups is 1. The van der Waals surface area contributed by atoms with Crippen molar-refractivity contribution in [2.75, 3.05) is 18.5 Å². The van der Waals surface area contributed by atoms with E-state index in [9.17, 15) is 4.79 Å². The molecule has 154 valence electrons. The van der Waals surface area contributed by atoms with Crippen molar-refractivity contribution >= 4 is 23.0 Å². The van der Waals surface area contributed by atoms with Crippen molar-refractivity contribution < 1.29 is 14.3 Å². The number of aromatic nitrogens is 2. The number of anilines is 1. The van der Waals surface area contributed by atoms with Crippen LogP contribution in [0.25, 0.3) is 11.0 Å². The average molecular weight is 403 g/mol. The third-order valence-corrected chi connectivity index (χ3v) is 5.03. The maximum atomic E-state index is 13.0. The van der Waals surface area contributed by atoms with Crippen LogP contribution >= 0.6 is 0 Å². The Morgan fingerprint density at radius 3 is 2.90 bits per heavy atom. The van der Waals surface area contributed by atoms with Gasteiger partial charge in [-0.2, -0.15) is 0 Å². The second-order valence-electron chi connectivity index (χ2n) is 7.17. The van der Waals surface area contributed by atoms with E-state index < -0.39 is 6.04 Å². The Morgan fingerprint density at radius 2 is 2.10 bits per heavy atom. The van der Waals surface area contributed by atoms with Gasteiger partial charge < -0.3 is 14.8 Å². The van der Waals surface area contributed by atoms with Crippen LogP contribution in [0, 0.1) is 0 Å². The van der Waals surface area contributed by atoms with Crippen molar-refractivity contribution in [3.63, 3.8) is 0 Å². The Morgan fingerprint density at radius 1 is 1.27 bits per heavy atom. The van der Waals surface area contributed by atoms with E-state index in [-0.39, 0.29) is 12.6 Å². The zero-order valence-electron chi connectivity index (χ0n) is 17.2. The minimum atomic E-state index is -0.392. The van der Waals surface area contributed by atoms with Crippen LogP contribution < -0.4 is 10.1 Å². The number of rotatable bonds is 7. The molecular weight excluding hydrogens is 378 g/mol. The minimum Gasteiger partial charge on any atom is -0.494 e. The molecule has 1 aliphatic rings. The quantitative estimate of drug-likeness (QED) is 0.452. The summed E-state index contributed by atoms with van der Waals surface area (Å²) in [4.78, 5) is 17.8. The molecule has 0 spiro atoms. The molecule has 1 aromatic heterocycles. The van der Waals surface area contributed by atoms with Crippen molar-refractivity contribution in [2.45, 2.75) is 26.3 Å². The SMILES string of the molecule is C=CCOC(=O)C1=C(C)Nc2nc3ccccc3n2[C@H]1c1cccc(OCCC)c1. The van der Waals surface area contributed by atoms with E-state index in [1.165, 1.54) is 0 Å². The van der Waals surface area contributed by atoms with E-state index in [0.29, 0.717) is 18.1 Å². The summed E-state index contributed by atoms with van der Waals surface area (Å²) in [5.74, 6) is 1.09. The van der Waals surface area contributed by atoms with Gasteiger partial charge in [-0.3, -0.25) is 4.57 Å². The summed E-state index contributed by atoms with van der Waals surface area (Å²) in [7, 11) is 0. The van der Waals surface area contributed by atoms with Crippen LogP contribution in [0.3, 0.4) is 0 Å². The molecule has 0 bridgehead atoms. The van der Waals surface area contributed by atoms with Gasteiger partial charge in [0.2, 0.25) is 5.95 Å². The van der Waals surface area contributed by atoms with Crippen LogP contribution in [0.5, 0.6) is 5.75 Å². The van der Waals surface area contributed by atoms with Gasteiger partial charge in [-0.05, 0) is 43.2 Å². The second-order valence-corrected chi connectivity index (χ2v) is 7.17. The van der Waals surface area contributed by atoms with Crippen LogP contribution in [0.2, 0.25) is 0 Å². The van der Waals surface area contributed by atoms with Crippen LogP contribution in [-0.2, 0) is 9.53 Å². The van der Waals surface area contributed by atoms with E-state index in [1.54, 1.807) is 6.08 Å².